The van der Waals surface area contributed by atoms with Crippen LogP contribution in [0.15, 0.2) is 0 Å². The van der Waals surface area contributed by atoms with Gasteiger partial charge in [-0.1, -0.05) is 19.8 Å². The highest BCUT2D eigenvalue weighted by atomic mass is 16.6. The van der Waals surface area contributed by atoms with E-state index in [0.29, 0.717) is 24.4 Å². The molecule has 2 fully saturated rings. The maximum Gasteiger partial charge on any atom is 0.409 e. The van der Waals surface area contributed by atoms with Crippen LogP contribution in [0.4, 0.5) is 4.79 Å². The summed E-state index contributed by atoms with van der Waals surface area (Å²) < 4.78 is 5.53. The first-order chi connectivity index (χ1) is 9.20. The number of likely N-dealkylation sites (tertiary alicyclic amines) is 1. The second kappa shape index (κ2) is 7.13. The van der Waals surface area contributed by atoms with Crippen LogP contribution in [0.1, 0.15) is 45.4 Å². The molecule has 110 valence electrons. The van der Waals surface area contributed by atoms with Crippen LogP contribution in [0.25, 0.3) is 0 Å². The molecule has 2 N–H and O–H groups in total. The normalized spacial score (nSPS) is 32.1. The maximum atomic E-state index is 12.1. The van der Waals surface area contributed by atoms with Gasteiger partial charge >= 0.3 is 6.09 Å². The number of nitrogens with zero attached hydrogens (tertiary/aromatic N) is 1. The average Bonchev–Trinajstić information content (AvgIpc) is 2.45. The number of nitrogens with two attached hydrogens (primary N) is 1. The fraction of sp³-hybridized carbons (Fsp3) is 0.933. The molecule has 3 unspecified atom stereocenters. The first kappa shape index (κ1) is 14.6. The zero-order valence-electron chi connectivity index (χ0n) is 12.1. The molecule has 1 heterocycles. The van der Waals surface area contributed by atoms with Crippen LogP contribution >= 0.6 is 0 Å². The molecule has 2 aliphatic rings. The molecule has 0 radical (unpaired) electrons. The Bertz CT molecular complexity index is 296. The Labute approximate surface area is 116 Å². The Morgan fingerprint density at radius 2 is 1.95 bits per heavy atom. The summed E-state index contributed by atoms with van der Waals surface area (Å²) in [5.41, 5.74) is 5.81. The quantitative estimate of drug-likeness (QED) is 0.856. The van der Waals surface area contributed by atoms with Crippen molar-refractivity contribution in [1.82, 2.24) is 4.90 Å². The molecule has 4 nitrogen and oxygen atoms in total. The third-order valence-corrected chi connectivity index (χ3v) is 4.71. The summed E-state index contributed by atoms with van der Waals surface area (Å²) in [4.78, 5) is 13.9. The lowest BCUT2D eigenvalue weighted by Gasteiger charge is -2.33. The maximum absolute atomic E-state index is 12.1. The third kappa shape index (κ3) is 4.10. The minimum absolute atomic E-state index is 0.118. The van der Waals surface area contributed by atoms with Gasteiger partial charge < -0.3 is 15.4 Å². The van der Waals surface area contributed by atoms with Gasteiger partial charge in [-0.25, -0.2) is 4.79 Å². The Hall–Kier alpha value is -0.770. The highest BCUT2D eigenvalue weighted by Crippen LogP contribution is 2.29. The van der Waals surface area contributed by atoms with E-state index in [1.165, 1.54) is 25.7 Å². The molecule has 1 aliphatic heterocycles. The summed E-state index contributed by atoms with van der Waals surface area (Å²) >= 11 is 0. The number of ether oxygens (including phenoxy) is 1. The molecular weight excluding hydrogens is 240 g/mol. The molecule has 1 amide bonds. The zero-order chi connectivity index (χ0) is 13.7. The van der Waals surface area contributed by atoms with E-state index in [2.05, 4.69) is 6.92 Å². The van der Waals surface area contributed by atoms with Crippen molar-refractivity contribution >= 4 is 6.09 Å². The van der Waals surface area contributed by atoms with Crippen molar-refractivity contribution in [2.45, 2.75) is 45.4 Å². The van der Waals surface area contributed by atoms with Gasteiger partial charge in [0.25, 0.3) is 0 Å². The Morgan fingerprint density at radius 3 is 2.63 bits per heavy atom. The summed E-state index contributed by atoms with van der Waals surface area (Å²) in [6.07, 6.45) is 7.08. The third-order valence-electron chi connectivity index (χ3n) is 4.71. The lowest BCUT2D eigenvalue weighted by atomic mass is 9.80. The van der Waals surface area contributed by atoms with Crippen LogP contribution in [0, 0.1) is 17.8 Å². The second-order valence-corrected chi connectivity index (χ2v) is 6.31. The summed E-state index contributed by atoms with van der Waals surface area (Å²) in [6, 6.07) is 0. The van der Waals surface area contributed by atoms with Crippen LogP contribution in [0.5, 0.6) is 0 Å². The number of rotatable bonds is 3. The minimum Gasteiger partial charge on any atom is -0.449 e. The van der Waals surface area contributed by atoms with Gasteiger partial charge in [-0.05, 0) is 50.0 Å². The summed E-state index contributed by atoms with van der Waals surface area (Å²) in [7, 11) is 0. The Kier molecular flexibility index (Phi) is 5.49. The van der Waals surface area contributed by atoms with E-state index in [4.69, 9.17) is 10.5 Å². The van der Waals surface area contributed by atoms with Crippen LogP contribution in [0.2, 0.25) is 0 Å². The van der Waals surface area contributed by atoms with Gasteiger partial charge in [0.1, 0.15) is 0 Å². The van der Waals surface area contributed by atoms with Gasteiger partial charge in [-0.15, -0.1) is 0 Å². The Morgan fingerprint density at radius 1 is 1.21 bits per heavy atom. The molecule has 3 atom stereocenters. The molecule has 1 saturated carbocycles. The van der Waals surface area contributed by atoms with E-state index in [1.807, 2.05) is 4.90 Å². The van der Waals surface area contributed by atoms with Gasteiger partial charge in [-0.2, -0.15) is 0 Å². The number of carbonyl (C=O) groups is 1. The molecular formula is C15H28N2O2. The number of hydrogen-bond acceptors (Lipinski definition) is 3. The van der Waals surface area contributed by atoms with Crippen molar-refractivity contribution in [3.8, 4) is 0 Å². The van der Waals surface area contributed by atoms with Crippen molar-refractivity contribution in [3.05, 3.63) is 0 Å². The van der Waals surface area contributed by atoms with Crippen molar-refractivity contribution in [2.75, 3.05) is 26.2 Å². The smallest absolute Gasteiger partial charge is 0.409 e. The molecule has 1 saturated heterocycles. The Balaban J connectivity index is 1.75. The zero-order valence-corrected chi connectivity index (χ0v) is 12.1. The molecule has 0 aromatic rings. The predicted octanol–water partition coefficient (Wildman–Crippen LogP) is 2.62. The van der Waals surface area contributed by atoms with Crippen molar-refractivity contribution in [3.63, 3.8) is 0 Å². The number of hydrogen-bond donors (Lipinski definition) is 1. The van der Waals surface area contributed by atoms with E-state index >= 15 is 0 Å². The summed E-state index contributed by atoms with van der Waals surface area (Å²) in [6.45, 7) is 5.19. The predicted molar refractivity (Wildman–Crippen MR) is 75.8 cm³/mol. The first-order valence-electron chi connectivity index (χ1n) is 7.82. The van der Waals surface area contributed by atoms with Crippen LogP contribution < -0.4 is 5.73 Å². The molecule has 1 aliphatic carbocycles. The van der Waals surface area contributed by atoms with Crippen molar-refractivity contribution in [1.29, 1.82) is 0 Å². The highest BCUT2D eigenvalue weighted by Gasteiger charge is 2.27. The molecule has 19 heavy (non-hydrogen) atoms. The number of carbonyl (C=O) groups excluding carboxylic acids is 1. The lowest BCUT2D eigenvalue weighted by Crippen LogP contribution is -2.40. The lowest BCUT2D eigenvalue weighted by molar-refractivity contribution is 0.0561. The topological polar surface area (TPSA) is 55.6 Å². The van der Waals surface area contributed by atoms with Gasteiger partial charge in [0.15, 0.2) is 0 Å². The van der Waals surface area contributed by atoms with Gasteiger partial charge in [-0.3, -0.25) is 0 Å². The minimum atomic E-state index is -0.118. The summed E-state index contributed by atoms with van der Waals surface area (Å²) in [5, 5.41) is 0. The van der Waals surface area contributed by atoms with E-state index in [1.54, 1.807) is 0 Å². The second-order valence-electron chi connectivity index (χ2n) is 6.31. The summed E-state index contributed by atoms with van der Waals surface area (Å²) in [5.74, 6) is 1.62. The monoisotopic (exact) mass is 268 g/mol. The highest BCUT2D eigenvalue weighted by molar-refractivity contribution is 5.67. The number of piperidine rings is 1. The number of amides is 1. The van der Waals surface area contributed by atoms with E-state index in [-0.39, 0.29) is 6.09 Å². The fourth-order valence-electron chi connectivity index (χ4n) is 3.44. The van der Waals surface area contributed by atoms with E-state index in [0.717, 1.165) is 32.5 Å². The van der Waals surface area contributed by atoms with Crippen LogP contribution in [-0.4, -0.2) is 37.2 Å². The molecule has 0 spiro atoms. The van der Waals surface area contributed by atoms with E-state index < -0.39 is 0 Å². The first-order valence-corrected chi connectivity index (χ1v) is 7.82. The fourth-order valence-corrected chi connectivity index (χ4v) is 3.44. The van der Waals surface area contributed by atoms with Gasteiger partial charge in [0, 0.05) is 13.1 Å². The van der Waals surface area contributed by atoms with E-state index in [9.17, 15) is 4.79 Å². The SMILES string of the molecule is CC1CCCN(C(=O)OCC2CCCCC2CN)C1. The average molecular weight is 268 g/mol. The van der Waals surface area contributed by atoms with Crippen LogP contribution in [0.3, 0.4) is 0 Å². The molecule has 2 rings (SSSR count). The standard InChI is InChI=1S/C15H28N2O2/c1-12-5-4-8-17(10-12)15(18)19-11-14-7-3-2-6-13(14)9-16/h12-14H,2-11,16H2,1H3. The van der Waals surface area contributed by atoms with Gasteiger partial charge in [0.05, 0.1) is 6.61 Å². The molecule has 0 aromatic heterocycles. The van der Waals surface area contributed by atoms with Crippen LogP contribution in [-0.2, 0) is 4.74 Å². The van der Waals surface area contributed by atoms with Crippen molar-refractivity contribution in [2.24, 2.45) is 23.5 Å². The van der Waals surface area contributed by atoms with Gasteiger partial charge in [0.2, 0.25) is 0 Å². The molecule has 4 heteroatoms. The largest absolute Gasteiger partial charge is 0.449 e. The molecule has 0 bridgehead atoms. The van der Waals surface area contributed by atoms with Crippen molar-refractivity contribution < 1.29 is 9.53 Å². The molecule has 0 aromatic carbocycles.